The van der Waals surface area contributed by atoms with Crippen LogP contribution in [0, 0.1) is 31.1 Å². The van der Waals surface area contributed by atoms with Gasteiger partial charge in [0.1, 0.15) is 17.0 Å². The molecule has 6 rings (SSSR count). The van der Waals surface area contributed by atoms with E-state index in [1.54, 1.807) is 32.1 Å². The predicted octanol–water partition coefficient (Wildman–Crippen LogP) is 7.95. The van der Waals surface area contributed by atoms with Gasteiger partial charge >= 0.3 is 18.1 Å². The topological polar surface area (TPSA) is 104 Å². The molecule has 2 saturated carbocycles. The number of carbonyl (C=O) groups is 2. The zero-order chi connectivity index (χ0) is 33.9. The lowest BCUT2D eigenvalue weighted by molar-refractivity contribution is -0.362. The number of carbonyl (C=O) groups excluding carboxylic acids is 2. The average Bonchev–Trinajstić information content (AvgIpc) is 3.48. The van der Waals surface area contributed by atoms with Crippen LogP contribution in [0.25, 0.3) is 6.08 Å². The maximum atomic E-state index is 15.2. The van der Waals surface area contributed by atoms with Crippen LogP contribution in [0.5, 0.6) is 0 Å². The van der Waals surface area contributed by atoms with Gasteiger partial charge in [-0.1, -0.05) is 54.1 Å². The van der Waals surface area contributed by atoms with Crippen molar-refractivity contribution in [2.75, 3.05) is 11.9 Å². The summed E-state index contributed by atoms with van der Waals surface area (Å²) >= 11 is 0. The Kier molecular flexibility index (Phi) is 8.25. The quantitative estimate of drug-likeness (QED) is 0.273. The van der Waals surface area contributed by atoms with E-state index in [2.05, 4.69) is 15.8 Å². The largest absolute Gasteiger partial charge is 0.456 e. The van der Waals surface area contributed by atoms with Gasteiger partial charge in [-0.15, -0.1) is 0 Å². The van der Waals surface area contributed by atoms with E-state index in [0.29, 0.717) is 42.8 Å². The molecule has 5 atom stereocenters. The summed E-state index contributed by atoms with van der Waals surface area (Å²) in [6.45, 7) is 5.04. The Hall–Kier alpha value is -3.80. The number of amides is 2. The first-order chi connectivity index (χ1) is 22.1. The summed E-state index contributed by atoms with van der Waals surface area (Å²) in [6.07, 6.45) is 0.600. The summed E-state index contributed by atoms with van der Waals surface area (Å²) < 4.78 is 76.9. The third kappa shape index (κ3) is 5.42. The number of aromatic nitrogens is 1. The second kappa shape index (κ2) is 11.7. The number of aryl methyl sites for hydroxylation is 2. The minimum absolute atomic E-state index is 0.0342. The molecule has 0 unspecified atom stereocenters. The molecule has 2 fully saturated rings. The van der Waals surface area contributed by atoms with Crippen molar-refractivity contribution in [3.05, 3.63) is 75.7 Å². The van der Waals surface area contributed by atoms with E-state index in [9.17, 15) is 27.9 Å². The molecular formula is C35H38F5N3O4. The van der Waals surface area contributed by atoms with E-state index in [1.807, 2.05) is 24.3 Å². The molecule has 1 heterocycles. The molecule has 1 aromatic heterocycles. The lowest BCUT2D eigenvalue weighted by atomic mass is 9.50. The van der Waals surface area contributed by atoms with E-state index < -0.39 is 47.4 Å². The molecule has 0 saturated heterocycles. The number of benzene rings is 1. The highest BCUT2D eigenvalue weighted by Crippen LogP contribution is 2.70. The van der Waals surface area contributed by atoms with Crippen molar-refractivity contribution in [2.24, 2.45) is 17.3 Å². The highest BCUT2D eigenvalue weighted by molar-refractivity contribution is 5.93. The van der Waals surface area contributed by atoms with Crippen molar-refractivity contribution in [3.63, 3.8) is 0 Å². The summed E-state index contributed by atoms with van der Waals surface area (Å²) in [5.74, 6) is -6.09. The molecule has 2 amide bonds. The number of nitrogens with one attached hydrogen (secondary N) is 2. The average molecular weight is 660 g/mol. The molecule has 0 spiro atoms. The van der Waals surface area contributed by atoms with E-state index in [0.717, 1.165) is 27.8 Å². The molecule has 252 valence electrons. The summed E-state index contributed by atoms with van der Waals surface area (Å²) in [5, 5.41) is 20.6. The van der Waals surface area contributed by atoms with Gasteiger partial charge in [-0.2, -0.15) is 22.0 Å². The van der Waals surface area contributed by atoms with Gasteiger partial charge in [0.15, 0.2) is 11.5 Å². The molecular weight excluding hydrogens is 621 g/mol. The van der Waals surface area contributed by atoms with Gasteiger partial charge in [0.05, 0.1) is 0 Å². The number of halogens is 5. The van der Waals surface area contributed by atoms with Crippen LogP contribution in [0.2, 0.25) is 0 Å². The molecule has 7 nitrogen and oxygen atoms in total. The monoisotopic (exact) mass is 659 g/mol. The number of urea groups is 1. The van der Waals surface area contributed by atoms with Crippen molar-refractivity contribution in [2.45, 2.75) is 89.3 Å². The molecule has 1 aromatic carbocycles. The number of hydrogen-bond donors (Lipinski definition) is 3. The third-order valence-corrected chi connectivity index (χ3v) is 11.1. The highest BCUT2D eigenvalue weighted by Gasteiger charge is 2.79. The van der Waals surface area contributed by atoms with Gasteiger partial charge in [-0.05, 0) is 92.6 Å². The van der Waals surface area contributed by atoms with Crippen molar-refractivity contribution in [1.82, 2.24) is 10.5 Å². The van der Waals surface area contributed by atoms with Crippen molar-refractivity contribution >= 4 is 23.6 Å². The maximum Gasteiger partial charge on any atom is 0.456 e. The van der Waals surface area contributed by atoms with E-state index in [1.165, 1.54) is 6.92 Å². The molecule has 4 aliphatic carbocycles. The van der Waals surface area contributed by atoms with E-state index in [-0.39, 0.29) is 31.1 Å². The minimum atomic E-state index is -5.89. The zero-order valence-electron chi connectivity index (χ0n) is 26.4. The molecule has 3 N–H and O–H groups in total. The molecule has 47 heavy (non-hydrogen) atoms. The number of ketones is 1. The number of fused-ring (bicyclic) bond motifs is 4. The lowest BCUT2D eigenvalue weighted by Gasteiger charge is -2.56. The fraction of sp³-hybridized carbons (Fsp3) is 0.514. The Morgan fingerprint density at radius 2 is 1.83 bits per heavy atom. The van der Waals surface area contributed by atoms with Gasteiger partial charge in [0.2, 0.25) is 0 Å². The molecule has 4 aliphatic rings. The van der Waals surface area contributed by atoms with Crippen LogP contribution in [0.3, 0.4) is 0 Å². The highest BCUT2D eigenvalue weighted by atomic mass is 19.4. The Balaban J connectivity index is 1.27. The maximum absolute atomic E-state index is 15.2. The van der Waals surface area contributed by atoms with Gasteiger partial charge in [0, 0.05) is 24.3 Å². The molecule has 0 radical (unpaired) electrons. The van der Waals surface area contributed by atoms with Crippen LogP contribution < -0.4 is 10.6 Å². The Bertz CT molecular complexity index is 1650. The second-order valence-electron chi connectivity index (χ2n) is 13.6. The fourth-order valence-electron chi connectivity index (χ4n) is 8.72. The Morgan fingerprint density at radius 3 is 2.49 bits per heavy atom. The summed E-state index contributed by atoms with van der Waals surface area (Å²) in [4.78, 5) is 24.5. The number of aliphatic hydroxyl groups is 1. The van der Waals surface area contributed by atoms with E-state index >= 15 is 8.78 Å². The number of rotatable bonds is 6. The van der Waals surface area contributed by atoms with Gasteiger partial charge in [0.25, 0.3) is 0 Å². The van der Waals surface area contributed by atoms with Crippen LogP contribution in [0.15, 0.2) is 57.7 Å². The number of alkyl halides is 5. The fourth-order valence-corrected chi connectivity index (χ4v) is 8.72. The number of nitrogens with zero attached hydrogens (tertiary/aromatic N) is 1. The predicted molar refractivity (Wildman–Crippen MR) is 165 cm³/mol. The number of anilines is 1. The number of allylic oxidation sites excluding steroid dienone is 4. The molecule has 2 aromatic rings. The van der Waals surface area contributed by atoms with Crippen LogP contribution in [0.4, 0.5) is 32.4 Å². The van der Waals surface area contributed by atoms with Crippen molar-refractivity contribution in [1.29, 1.82) is 0 Å². The van der Waals surface area contributed by atoms with Crippen molar-refractivity contribution in [3.8, 4) is 0 Å². The molecule has 0 aliphatic heterocycles. The second-order valence-corrected chi connectivity index (χ2v) is 13.6. The standard InChI is InChI=1S/C35H38F5N3O4/c1-19-30(20(2)47-43-19)42-31(45)41-16-4-5-21-6-8-22(9-7-21)27-18-32(3)28(14-15-33(32,46)34(36,37)35(38,39)40)26-12-10-23-17-24(44)11-13-25(23)29(26)27/h4-9,17,26-28,46H,10-16,18H2,1-3H3,(H2,41,42,45)/b5-4+/t26-,27+,28-,32-,33-/m0/s1. The van der Waals surface area contributed by atoms with Gasteiger partial charge in [-0.25, -0.2) is 4.79 Å². The van der Waals surface area contributed by atoms with Crippen molar-refractivity contribution < 1.29 is 41.2 Å². The van der Waals surface area contributed by atoms with Gasteiger partial charge < -0.3 is 20.3 Å². The van der Waals surface area contributed by atoms with Gasteiger partial charge in [-0.3, -0.25) is 4.79 Å². The van der Waals surface area contributed by atoms with Crippen LogP contribution in [0.1, 0.15) is 80.4 Å². The first kappa shape index (κ1) is 33.1. The number of hydrogen-bond acceptors (Lipinski definition) is 5. The smallest absolute Gasteiger partial charge is 0.383 e. The normalized spacial score (nSPS) is 29.3. The first-order valence-electron chi connectivity index (χ1n) is 16.0. The third-order valence-electron chi connectivity index (χ3n) is 11.1. The SMILES string of the molecule is Cc1noc(C)c1NC(=O)NC/C=C/c1ccc([C@H]2C[C@@]3(C)[C@@H](CC[C@@]3(O)C(F)(F)C(F)(F)F)[C@@H]3CCC4=CC(=O)CCC4=C32)cc1. The first-order valence-corrected chi connectivity index (χ1v) is 16.0. The lowest BCUT2D eigenvalue weighted by Crippen LogP contribution is -2.65. The summed E-state index contributed by atoms with van der Waals surface area (Å²) in [5.41, 5.74) is 0.641. The van der Waals surface area contributed by atoms with Crippen LogP contribution in [-0.2, 0) is 4.79 Å². The Morgan fingerprint density at radius 1 is 1.11 bits per heavy atom. The van der Waals surface area contributed by atoms with Crippen LogP contribution >= 0.6 is 0 Å². The molecule has 0 bridgehead atoms. The molecule has 12 heteroatoms. The summed E-state index contributed by atoms with van der Waals surface area (Å²) in [7, 11) is 0. The Labute approximate surface area is 269 Å². The zero-order valence-corrected chi connectivity index (χ0v) is 26.4. The summed E-state index contributed by atoms with van der Waals surface area (Å²) in [6, 6.07) is 6.93. The minimum Gasteiger partial charge on any atom is -0.383 e. The van der Waals surface area contributed by atoms with E-state index in [4.69, 9.17) is 4.52 Å². The van der Waals surface area contributed by atoms with Crippen LogP contribution in [-0.4, -0.2) is 46.3 Å².